The van der Waals surface area contributed by atoms with Gasteiger partial charge in [0, 0.05) is 0 Å². The summed E-state index contributed by atoms with van der Waals surface area (Å²) >= 11 is 0. The predicted molar refractivity (Wildman–Crippen MR) is 52.1 cm³/mol. The maximum absolute atomic E-state index is 9.58. The number of aliphatic hydroxyl groups excluding tert-OH is 1. The van der Waals surface area contributed by atoms with Crippen molar-refractivity contribution in [2.75, 3.05) is 6.61 Å². The third-order valence-electron chi connectivity index (χ3n) is 2.51. The minimum atomic E-state index is -0.357. The molecule has 1 aliphatic rings. The van der Waals surface area contributed by atoms with Crippen LogP contribution in [0, 0.1) is 18.3 Å². The molecule has 0 bridgehead atoms. The summed E-state index contributed by atoms with van der Waals surface area (Å²) < 4.78 is 5.34. The van der Waals surface area contributed by atoms with Crippen LogP contribution in [0.25, 0.3) is 0 Å². The second-order valence-corrected chi connectivity index (χ2v) is 3.43. The Kier molecular flexibility index (Phi) is 4.01. The predicted octanol–water partition coefficient (Wildman–Crippen LogP) is 1.35. The van der Waals surface area contributed by atoms with Crippen LogP contribution in [-0.4, -0.2) is 23.9 Å². The molecule has 3 unspecified atom stereocenters. The van der Waals surface area contributed by atoms with Crippen LogP contribution in [0.1, 0.15) is 19.3 Å². The molecule has 0 aromatic rings. The van der Waals surface area contributed by atoms with Crippen LogP contribution in [0.15, 0.2) is 12.7 Å². The highest BCUT2D eigenvalue weighted by Crippen LogP contribution is 2.27. The first-order valence-electron chi connectivity index (χ1n) is 4.63. The van der Waals surface area contributed by atoms with E-state index in [2.05, 4.69) is 12.5 Å². The fraction of sp³-hybridized carbons (Fsp3) is 0.636. The summed E-state index contributed by atoms with van der Waals surface area (Å²) in [7, 11) is 0. The average Bonchev–Trinajstić information content (AvgIpc) is 2.17. The number of ether oxygens (including phenoxy) is 1. The minimum absolute atomic E-state index is 0.104. The smallest absolute Gasteiger partial charge is 0.107 e. The Balaban J connectivity index is 2.41. The van der Waals surface area contributed by atoms with Crippen molar-refractivity contribution in [2.45, 2.75) is 31.5 Å². The fourth-order valence-electron chi connectivity index (χ4n) is 1.69. The summed E-state index contributed by atoms with van der Waals surface area (Å²) in [5, 5.41) is 9.58. The molecule has 0 aromatic carbocycles. The molecule has 2 heteroatoms. The van der Waals surface area contributed by atoms with Gasteiger partial charge in [0.2, 0.25) is 0 Å². The highest BCUT2D eigenvalue weighted by atomic mass is 16.5. The van der Waals surface area contributed by atoms with E-state index in [-0.39, 0.29) is 18.8 Å². The van der Waals surface area contributed by atoms with E-state index in [0.717, 1.165) is 19.3 Å². The van der Waals surface area contributed by atoms with Gasteiger partial charge in [-0.05, 0) is 25.2 Å². The number of hydrogen-bond acceptors (Lipinski definition) is 2. The van der Waals surface area contributed by atoms with Crippen molar-refractivity contribution < 1.29 is 9.84 Å². The molecule has 1 rings (SSSR count). The third-order valence-corrected chi connectivity index (χ3v) is 2.51. The van der Waals surface area contributed by atoms with Crippen molar-refractivity contribution in [3.63, 3.8) is 0 Å². The fourth-order valence-corrected chi connectivity index (χ4v) is 1.69. The van der Waals surface area contributed by atoms with Crippen molar-refractivity contribution in [3.8, 4) is 12.3 Å². The van der Waals surface area contributed by atoms with E-state index in [1.165, 1.54) is 0 Å². The zero-order chi connectivity index (χ0) is 9.68. The highest BCUT2D eigenvalue weighted by molar-refractivity contribution is 4.90. The summed E-state index contributed by atoms with van der Waals surface area (Å²) in [6.45, 7) is 4.03. The summed E-state index contributed by atoms with van der Waals surface area (Å²) in [5.41, 5.74) is 0. The number of rotatable bonds is 3. The van der Waals surface area contributed by atoms with E-state index in [0.29, 0.717) is 5.92 Å². The standard InChI is InChI=1S/C11H16O2/c1-3-7-13-11-8-9(4-2)5-6-10(11)12/h1,4,9-12H,2,5-8H2. The SMILES string of the molecule is C#CCOC1CC(C=C)CCC1O. The Morgan fingerprint density at radius 3 is 3.00 bits per heavy atom. The van der Waals surface area contributed by atoms with E-state index >= 15 is 0 Å². The second kappa shape index (κ2) is 5.06. The molecule has 0 amide bonds. The van der Waals surface area contributed by atoms with Crippen LogP contribution in [0.5, 0.6) is 0 Å². The van der Waals surface area contributed by atoms with Gasteiger partial charge in [0.05, 0.1) is 12.2 Å². The monoisotopic (exact) mass is 180 g/mol. The Morgan fingerprint density at radius 1 is 1.62 bits per heavy atom. The normalized spacial score (nSPS) is 33.7. The average molecular weight is 180 g/mol. The van der Waals surface area contributed by atoms with Gasteiger partial charge >= 0.3 is 0 Å². The molecule has 0 aromatic heterocycles. The van der Waals surface area contributed by atoms with Crippen LogP contribution in [-0.2, 0) is 4.74 Å². The first kappa shape index (κ1) is 10.3. The molecular formula is C11H16O2. The Bertz CT molecular complexity index is 205. The summed E-state index contributed by atoms with van der Waals surface area (Å²) in [6, 6.07) is 0. The molecule has 0 radical (unpaired) electrons. The molecular weight excluding hydrogens is 164 g/mol. The molecule has 3 atom stereocenters. The molecule has 1 N–H and O–H groups in total. The van der Waals surface area contributed by atoms with Crippen LogP contribution in [0.2, 0.25) is 0 Å². The molecule has 1 fully saturated rings. The number of terminal acetylenes is 1. The van der Waals surface area contributed by atoms with Gasteiger partial charge in [-0.1, -0.05) is 12.0 Å². The first-order chi connectivity index (χ1) is 6.27. The molecule has 0 saturated heterocycles. The lowest BCUT2D eigenvalue weighted by Crippen LogP contribution is -2.35. The van der Waals surface area contributed by atoms with E-state index in [4.69, 9.17) is 11.2 Å². The van der Waals surface area contributed by atoms with E-state index in [1.54, 1.807) is 0 Å². The highest BCUT2D eigenvalue weighted by Gasteiger charge is 2.27. The van der Waals surface area contributed by atoms with Gasteiger partial charge in [-0.15, -0.1) is 13.0 Å². The van der Waals surface area contributed by atoms with Gasteiger partial charge in [0.15, 0.2) is 0 Å². The van der Waals surface area contributed by atoms with Crippen molar-refractivity contribution in [1.29, 1.82) is 0 Å². The summed E-state index contributed by atoms with van der Waals surface area (Å²) in [6.07, 6.45) is 9.17. The topological polar surface area (TPSA) is 29.5 Å². The van der Waals surface area contributed by atoms with Gasteiger partial charge in [-0.2, -0.15) is 0 Å². The molecule has 2 nitrogen and oxygen atoms in total. The maximum Gasteiger partial charge on any atom is 0.107 e. The van der Waals surface area contributed by atoms with Crippen molar-refractivity contribution in [2.24, 2.45) is 5.92 Å². The number of allylic oxidation sites excluding steroid dienone is 1. The van der Waals surface area contributed by atoms with Crippen molar-refractivity contribution in [3.05, 3.63) is 12.7 Å². The van der Waals surface area contributed by atoms with Crippen molar-refractivity contribution in [1.82, 2.24) is 0 Å². The lowest BCUT2D eigenvalue weighted by molar-refractivity contribution is -0.0557. The quantitative estimate of drug-likeness (QED) is 0.525. The zero-order valence-corrected chi connectivity index (χ0v) is 7.78. The first-order valence-corrected chi connectivity index (χ1v) is 4.63. The largest absolute Gasteiger partial charge is 0.390 e. The third kappa shape index (κ3) is 2.87. The lowest BCUT2D eigenvalue weighted by atomic mass is 9.85. The van der Waals surface area contributed by atoms with Gasteiger partial charge in [0.1, 0.15) is 6.61 Å². The minimum Gasteiger partial charge on any atom is -0.390 e. The van der Waals surface area contributed by atoms with Crippen LogP contribution in [0.3, 0.4) is 0 Å². The van der Waals surface area contributed by atoms with Gasteiger partial charge in [0.25, 0.3) is 0 Å². The summed E-state index contributed by atoms with van der Waals surface area (Å²) in [4.78, 5) is 0. The van der Waals surface area contributed by atoms with Crippen LogP contribution < -0.4 is 0 Å². The Hall–Kier alpha value is -0.780. The van der Waals surface area contributed by atoms with Gasteiger partial charge in [-0.25, -0.2) is 0 Å². The molecule has 13 heavy (non-hydrogen) atoms. The summed E-state index contributed by atoms with van der Waals surface area (Å²) in [5.74, 6) is 2.87. The van der Waals surface area contributed by atoms with Crippen LogP contribution >= 0.6 is 0 Å². The van der Waals surface area contributed by atoms with E-state index in [9.17, 15) is 5.11 Å². The van der Waals surface area contributed by atoms with Crippen LogP contribution in [0.4, 0.5) is 0 Å². The van der Waals surface area contributed by atoms with Crippen molar-refractivity contribution >= 4 is 0 Å². The number of aliphatic hydroxyl groups is 1. The number of hydrogen-bond donors (Lipinski definition) is 1. The maximum atomic E-state index is 9.58. The Morgan fingerprint density at radius 2 is 2.38 bits per heavy atom. The zero-order valence-electron chi connectivity index (χ0n) is 7.78. The molecule has 72 valence electrons. The van der Waals surface area contributed by atoms with Gasteiger partial charge < -0.3 is 9.84 Å². The molecule has 0 aliphatic heterocycles. The van der Waals surface area contributed by atoms with Gasteiger partial charge in [-0.3, -0.25) is 0 Å². The van der Waals surface area contributed by atoms with E-state index < -0.39 is 0 Å². The second-order valence-electron chi connectivity index (χ2n) is 3.43. The van der Waals surface area contributed by atoms with E-state index in [1.807, 2.05) is 6.08 Å². The Labute approximate surface area is 79.6 Å². The lowest BCUT2D eigenvalue weighted by Gasteiger charge is -2.31. The molecule has 0 heterocycles. The molecule has 0 spiro atoms. The molecule has 1 saturated carbocycles. The molecule has 1 aliphatic carbocycles.